The van der Waals surface area contributed by atoms with Gasteiger partial charge in [0.2, 0.25) is 0 Å². The van der Waals surface area contributed by atoms with Gasteiger partial charge >= 0.3 is 17.9 Å². The summed E-state index contributed by atoms with van der Waals surface area (Å²) in [6.07, 6.45) is 1.41. The fraction of sp³-hybridized carbons (Fsp3) is 0.529. The van der Waals surface area contributed by atoms with Gasteiger partial charge < -0.3 is 19.9 Å². The second-order valence-electron chi connectivity index (χ2n) is 6.65. The largest absolute Gasteiger partial charge is 0.441 e. The Hall–Kier alpha value is -2.35. The second kappa shape index (κ2) is 7.11. The molecule has 2 aliphatic rings. The third kappa shape index (κ3) is 3.60. The Labute approximate surface area is 156 Å². The van der Waals surface area contributed by atoms with Gasteiger partial charge in [0.15, 0.2) is 0 Å². The average molecular weight is 381 g/mol. The minimum absolute atomic E-state index is 0.241. The smallest absolute Gasteiger partial charge is 0.410 e. The lowest BCUT2D eigenvalue weighted by molar-refractivity contribution is -0.145. The van der Waals surface area contributed by atoms with E-state index in [2.05, 4.69) is 10.3 Å². The number of ether oxygens (including phenoxy) is 1. The standard InChI is InChI=1S/C17H21ClN4O4/c1-3-11-4-5-12(19-13(11)18)20-14(23)15(24)22-8-6-17(7-9-22)10-21(2)16(25)26-17/h4-5H,3,6-10H2,1-2H3,(H,19,20,23). The molecule has 26 heavy (non-hydrogen) atoms. The van der Waals surface area contributed by atoms with E-state index in [1.807, 2.05) is 6.92 Å². The van der Waals surface area contributed by atoms with Crippen molar-refractivity contribution in [1.82, 2.24) is 14.8 Å². The number of nitrogens with zero attached hydrogens (tertiary/aromatic N) is 3. The number of carbonyl (C=O) groups is 3. The van der Waals surface area contributed by atoms with Gasteiger partial charge in [0.1, 0.15) is 16.6 Å². The third-order valence-corrected chi connectivity index (χ3v) is 5.17. The Kier molecular flexibility index (Phi) is 5.04. The van der Waals surface area contributed by atoms with Crippen LogP contribution in [-0.2, 0) is 20.7 Å². The molecule has 0 radical (unpaired) electrons. The molecule has 3 rings (SSSR count). The zero-order valence-electron chi connectivity index (χ0n) is 14.7. The molecule has 1 N–H and O–H groups in total. The molecule has 0 unspecified atom stereocenters. The van der Waals surface area contributed by atoms with Crippen molar-refractivity contribution < 1.29 is 19.1 Å². The summed E-state index contributed by atoms with van der Waals surface area (Å²) >= 11 is 6.03. The lowest BCUT2D eigenvalue weighted by atomic mass is 9.91. The number of hydrogen-bond donors (Lipinski definition) is 1. The van der Waals surface area contributed by atoms with E-state index in [4.69, 9.17) is 16.3 Å². The van der Waals surface area contributed by atoms with Crippen LogP contribution in [0.1, 0.15) is 25.3 Å². The molecule has 0 bridgehead atoms. The molecule has 8 nitrogen and oxygen atoms in total. The molecule has 0 saturated carbocycles. The highest BCUT2D eigenvalue weighted by molar-refractivity contribution is 6.39. The zero-order chi connectivity index (χ0) is 18.9. The van der Waals surface area contributed by atoms with Crippen molar-refractivity contribution in [2.75, 3.05) is 32.0 Å². The minimum Gasteiger partial charge on any atom is -0.441 e. The van der Waals surface area contributed by atoms with Gasteiger partial charge in [0, 0.05) is 33.0 Å². The fourth-order valence-electron chi connectivity index (χ4n) is 3.28. The topological polar surface area (TPSA) is 91.8 Å². The molecule has 0 atom stereocenters. The molecule has 0 aromatic carbocycles. The zero-order valence-corrected chi connectivity index (χ0v) is 15.5. The molecule has 3 heterocycles. The van der Waals surface area contributed by atoms with Crippen molar-refractivity contribution in [2.24, 2.45) is 0 Å². The highest BCUT2D eigenvalue weighted by Crippen LogP contribution is 2.32. The van der Waals surface area contributed by atoms with Gasteiger partial charge in [0.25, 0.3) is 0 Å². The van der Waals surface area contributed by atoms with Gasteiger partial charge in [-0.15, -0.1) is 0 Å². The van der Waals surface area contributed by atoms with Gasteiger partial charge in [-0.3, -0.25) is 9.59 Å². The van der Waals surface area contributed by atoms with Crippen LogP contribution in [0.2, 0.25) is 5.15 Å². The lowest BCUT2D eigenvalue weighted by Gasteiger charge is -2.36. The highest BCUT2D eigenvalue weighted by Gasteiger charge is 2.46. The van der Waals surface area contributed by atoms with Crippen LogP contribution in [0.3, 0.4) is 0 Å². The van der Waals surface area contributed by atoms with Crippen LogP contribution in [0.25, 0.3) is 0 Å². The van der Waals surface area contributed by atoms with E-state index in [9.17, 15) is 14.4 Å². The Balaban J connectivity index is 1.57. The summed E-state index contributed by atoms with van der Waals surface area (Å²) in [6, 6.07) is 3.39. The number of aromatic nitrogens is 1. The normalized spacial score (nSPS) is 18.8. The summed E-state index contributed by atoms with van der Waals surface area (Å²) in [5, 5.41) is 2.80. The van der Waals surface area contributed by atoms with Crippen LogP contribution in [0.15, 0.2) is 12.1 Å². The van der Waals surface area contributed by atoms with E-state index < -0.39 is 17.4 Å². The molecule has 1 aromatic rings. The molecule has 1 spiro atoms. The first kappa shape index (κ1) is 18.4. The van der Waals surface area contributed by atoms with E-state index in [1.165, 1.54) is 9.80 Å². The van der Waals surface area contributed by atoms with Crippen molar-refractivity contribution in [3.8, 4) is 0 Å². The van der Waals surface area contributed by atoms with E-state index in [0.29, 0.717) is 37.6 Å². The maximum Gasteiger partial charge on any atom is 0.410 e. The molecule has 3 amide bonds. The molecule has 2 aliphatic heterocycles. The number of carbonyl (C=O) groups excluding carboxylic acids is 3. The van der Waals surface area contributed by atoms with E-state index in [-0.39, 0.29) is 11.9 Å². The Bertz CT molecular complexity index is 746. The second-order valence-corrected chi connectivity index (χ2v) is 7.01. The number of likely N-dealkylation sites (tertiary alicyclic amines) is 1. The van der Waals surface area contributed by atoms with Crippen LogP contribution in [0, 0.1) is 0 Å². The van der Waals surface area contributed by atoms with E-state index in [0.717, 1.165) is 12.0 Å². The number of rotatable bonds is 2. The first-order valence-electron chi connectivity index (χ1n) is 8.53. The van der Waals surface area contributed by atoms with Crippen LogP contribution >= 0.6 is 11.6 Å². The molecule has 140 valence electrons. The van der Waals surface area contributed by atoms with Gasteiger partial charge in [-0.25, -0.2) is 9.78 Å². The van der Waals surface area contributed by atoms with Gasteiger partial charge in [0.05, 0.1) is 6.54 Å². The van der Waals surface area contributed by atoms with Crippen molar-refractivity contribution in [2.45, 2.75) is 31.8 Å². The molecule has 2 saturated heterocycles. The number of nitrogens with one attached hydrogen (secondary N) is 1. The highest BCUT2D eigenvalue weighted by atomic mass is 35.5. The van der Waals surface area contributed by atoms with Crippen molar-refractivity contribution >= 4 is 35.3 Å². The third-order valence-electron chi connectivity index (χ3n) is 4.85. The van der Waals surface area contributed by atoms with Crippen LogP contribution in [0.4, 0.5) is 10.6 Å². The van der Waals surface area contributed by atoms with Gasteiger partial charge in [-0.1, -0.05) is 24.6 Å². The molecule has 2 fully saturated rings. The lowest BCUT2D eigenvalue weighted by Crippen LogP contribution is -2.51. The quantitative estimate of drug-likeness (QED) is 0.622. The van der Waals surface area contributed by atoms with Crippen molar-refractivity contribution in [3.05, 3.63) is 22.8 Å². The van der Waals surface area contributed by atoms with E-state index >= 15 is 0 Å². The Morgan fingerprint density at radius 1 is 1.35 bits per heavy atom. The maximum atomic E-state index is 12.4. The molecular formula is C17H21ClN4O4. The number of piperidine rings is 1. The Morgan fingerprint density at radius 3 is 2.58 bits per heavy atom. The summed E-state index contributed by atoms with van der Waals surface area (Å²) in [5.41, 5.74) is 0.317. The average Bonchev–Trinajstić information content (AvgIpc) is 2.88. The number of anilines is 1. The number of halogens is 1. The van der Waals surface area contributed by atoms with Crippen LogP contribution in [0.5, 0.6) is 0 Å². The van der Waals surface area contributed by atoms with Crippen molar-refractivity contribution in [3.63, 3.8) is 0 Å². The molecular weight excluding hydrogens is 360 g/mol. The number of amides is 3. The Morgan fingerprint density at radius 2 is 2.04 bits per heavy atom. The first-order valence-corrected chi connectivity index (χ1v) is 8.91. The van der Waals surface area contributed by atoms with Crippen LogP contribution < -0.4 is 5.32 Å². The molecule has 1 aromatic heterocycles. The van der Waals surface area contributed by atoms with E-state index in [1.54, 1.807) is 19.2 Å². The SMILES string of the molecule is CCc1ccc(NC(=O)C(=O)N2CCC3(CC2)CN(C)C(=O)O3)nc1Cl. The summed E-state index contributed by atoms with van der Waals surface area (Å²) < 4.78 is 5.45. The summed E-state index contributed by atoms with van der Waals surface area (Å²) in [7, 11) is 1.68. The summed E-state index contributed by atoms with van der Waals surface area (Å²) in [6.45, 7) is 3.17. The molecule has 0 aliphatic carbocycles. The predicted molar refractivity (Wildman–Crippen MR) is 94.9 cm³/mol. The maximum absolute atomic E-state index is 12.4. The number of hydrogen-bond acceptors (Lipinski definition) is 5. The summed E-state index contributed by atoms with van der Waals surface area (Å²) in [5.74, 6) is -1.14. The van der Waals surface area contributed by atoms with Gasteiger partial charge in [-0.2, -0.15) is 0 Å². The van der Waals surface area contributed by atoms with Crippen molar-refractivity contribution in [1.29, 1.82) is 0 Å². The fourth-order valence-corrected chi connectivity index (χ4v) is 3.57. The minimum atomic E-state index is -0.755. The van der Waals surface area contributed by atoms with Crippen LogP contribution in [-0.4, -0.2) is 65.0 Å². The monoisotopic (exact) mass is 380 g/mol. The predicted octanol–water partition coefficient (Wildman–Crippen LogP) is 1.68. The molecule has 9 heteroatoms. The summed E-state index contributed by atoms with van der Waals surface area (Å²) in [4.78, 5) is 43.3. The number of likely N-dealkylation sites (N-methyl/N-ethyl adjacent to an activating group) is 1. The van der Waals surface area contributed by atoms with Gasteiger partial charge in [-0.05, 0) is 18.1 Å². The number of aryl methyl sites for hydroxylation is 1. The number of pyridine rings is 1. The first-order chi connectivity index (χ1) is 12.3.